The molecule has 0 spiro atoms. The van der Waals surface area contributed by atoms with Crippen LogP contribution < -0.4 is 0 Å². The van der Waals surface area contributed by atoms with Crippen LogP contribution in [0.3, 0.4) is 0 Å². The van der Waals surface area contributed by atoms with Crippen LogP contribution in [-0.4, -0.2) is 42.2 Å². The number of hydrogen-bond donors (Lipinski definition) is 1. The lowest BCUT2D eigenvalue weighted by atomic mass is 9.98. The summed E-state index contributed by atoms with van der Waals surface area (Å²) in [7, 11) is 0. The molecule has 0 aromatic heterocycles. The molecule has 0 bridgehead atoms. The van der Waals surface area contributed by atoms with Crippen LogP contribution in [0.25, 0.3) is 10.4 Å². The highest BCUT2D eigenvalue weighted by Crippen LogP contribution is 2.16. The highest BCUT2D eigenvalue weighted by Gasteiger charge is 2.21. The number of piperidine rings is 1. The molecule has 0 aromatic rings. The summed E-state index contributed by atoms with van der Waals surface area (Å²) in [5.74, 6) is 0.192. The van der Waals surface area contributed by atoms with Crippen LogP contribution in [0.1, 0.15) is 12.8 Å². The highest BCUT2D eigenvalue weighted by molar-refractivity contribution is 5.78. The predicted octanol–water partition coefficient (Wildman–Crippen LogP) is 0.528. The van der Waals surface area contributed by atoms with Crippen molar-refractivity contribution in [3.8, 4) is 0 Å². The molecule has 6 heteroatoms. The second-order valence-electron chi connectivity index (χ2n) is 3.40. The molecule has 1 rings (SSSR count). The van der Waals surface area contributed by atoms with E-state index < -0.39 is 0 Å². The summed E-state index contributed by atoms with van der Waals surface area (Å²) in [6, 6.07) is 0. The van der Waals surface area contributed by atoms with Crippen molar-refractivity contribution in [2.45, 2.75) is 12.8 Å². The zero-order valence-electron chi connectivity index (χ0n) is 7.96. The molecule has 1 aliphatic rings. The van der Waals surface area contributed by atoms with Crippen LogP contribution in [-0.2, 0) is 4.79 Å². The van der Waals surface area contributed by atoms with Crippen LogP contribution >= 0.6 is 0 Å². The SMILES string of the molecule is [N-]=[N+]=NCC(=O)N1CCC(CO)CC1. The number of azide groups is 1. The van der Waals surface area contributed by atoms with E-state index in [4.69, 9.17) is 10.6 Å². The van der Waals surface area contributed by atoms with Crippen molar-refractivity contribution in [3.05, 3.63) is 10.4 Å². The van der Waals surface area contributed by atoms with Gasteiger partial charge < -0.3 is 10.0 Å². The van der Waals surface area contributed by atoms with E-state index in [0.717, 1.165) is 12.8 Å². The molecule has 0 atom stereocenters. The van der Waals surface area contributed by atoms with Gasteiger partial charge in [-0.15, -0.1) is 0 Å². The number of likely N-dealkylation sites (tertiary alicyclic amines) is 1. The lowest BCUT2D eigenvalue weighted by Gasteiger charge is -2.30. The first-order valence-electron chi connectivity index (χ1n) is 4.67. The second kappa shape index (κ2) is 5.47. The number of hydrogen-bond acceptors (Lipinski definition) is 3. The largest absolute Gasteiger partial charge is 0.396 e. The summed E-state index contributed by atoms with van der Waals surface area (Å²) >= 11 is 0. The molecule has 0 aliphatic carbocycles. The van der Waals surface area contributed by atoms with Gasteiger partial charge in [0.25, 0.3) is 0 Å². The molecule has 1 N–H and O–H groups in total. The molecule has 0 saturated carbocycles. The third kappa shape index (κ3) is 2.90. The Hall–Kier alpha value is -1.26. The topological polar surface area (TPSA) is 89.3 Å². The van der Waals surface area contributed by atoms with E-state index in [1.165, 1.54) is 0 Å². The molecule has 1 saturated heterocycles. The Morgan fingerprint density at radius 2 is 2.21 bits per heavy atom. The molecular formula is C8H14N4O2. The first-order valence-corrected chi connectivity index (χ1v) is 4.67. The van der Waals surface area contributed by atoms with E-state index in [1.807, 2.05) is 0 Å². The van der Waals surface area contributed by atoms with Gasteiger partial charge in [-0.3, -0.25) is 4.79 Å². The minimum Gasteiger partial charge on any atom is -0.396 e. The molecule has 1 aliphatic heterocycles. The zero-order chi connectivity index (χ0) is 10.4. The Bertz CT molecular complexity index is 242. The van der Waals surface area contributed by atoms with E-state index in [2.05, 4.69) is 10.0 Å². The summed E-state index contributed by atoms with van der Waals surface area (Å²) in [5, 5.41) is 12.1. The maximum atomic E-state index is 11.4. The van der Waals surface area contributed by atoms with E-state index in [1.54, 1.807) is 4.90 Å². The van der Waals surface area contributed by atoms with Gasteiger partial charge in [0.1, 0.15) is 6.54 Å². The standard InChI is InChI=1S/C8H14N4O2/c9-11-10-5-8(14)12-3-1-7(6-13)2-4-12/h7,13H,1-6H2. The van der Waals surface area contributed by atoms with Gasteiger partial charge in [-0.25, -0.2) is 0 Å². The molecule has 0 aromatic carbocycles. The monoisotopic (exact) mass is 198 g/mol. The number of aliphatic hydroxyl groups excluding tert-OH is 1. The fraction of sp³-hybridized carbons (Fsp3) is 0.875. The third-order valence-corrected chi connectivity index (χ3v) is 2.49. The first-order chi connectivity index (χ1) is 6.77. The van der Waals surface area contributed by atoms with Gasteiger partial charge in [-0.1, -0.05) is 5.11 Å². The Morgan fingerprint density at radius 3 is 2.71 bits per heavy atom. The second-order valence-corrected chi connectivity index (χ2v) is 3.40. The Morgan fingerprint density at radius 1 is 1.57 bits per heavy atom. The van der Waals surface area contributed by atoms with Crippen molar-refractivity contribution < 1.29 is 9.90 Å². The quantitative estimate of drug-likeness (QED) is 0.407. The molecule has 1 heterocycles. The maximum Gasteiger partial charge on any atom is 0.228 e. The minimum absolute atomic E-state index is 0.0969. The fourth-order valence-corrected chi connectivity index (χ4v) is 1.56. The van der Waals surface area contributed by atoms with Crippen LogP contribution in [0, 0.1) is 5.92 Å². The smallest absolute Gasteiger partial charge is 0.228 e. The van der Waals surface area contributed by atoms with Crippen molar-refractivity contribution in [2.24, 2.45) is 11.0 Å². The summed E-state index contributed by atoms with van der Waals surface area (Å²) < 4.78 is 0. The number of carbonyl (C=O) groups excluding carboxylic acids is 1. The Labute approximate surface area is 82.1 Å². The lowest BCUT2D eigenvalue weighted by Crippen LogP contribution is -2.40. The molecule has 78 valence electrons. The van der Waals surface area contributed by atoms with Crippen molar-refractivity contribution in [2.75, 3.05) is 26.2 Å². The van der Waals surface area contributed by atoms with Crippen molar-refractivity contribution in [3.63, 3.8) is 0 Å². The molecule has 1 amide bonds. The van der Waals surface area contributed by atoms with Crippen LogP contribution in [0.5, 0.6) is 0 Å². The van der Waals surface area contributed by atoms with E-state index in [-0.39, 0.29) is 19.1 Å². The van der Waals surface area contributed by atoms with Gasteiger partial charge >= 0.3 is 0 Å². The minimum atomic E-state index is -0.126. The van der Waals surface area contributed by atoms with Gasteiger partial charge in [0, 0.05) is 24.6 Å². The van der Waals surface area contributed by atoms with Gasteiger partial charge in [0.15, 0.2) is 0 Å². The molecule has 1 fully saturated rings. The Kier molecular flexibility index (Phi) is 4.22. The number of nitrogens with zero attached hydrogens (tertiary/aromatic N) is 4. The highest BCUT2D eigenvalue weighted by atomic mass is 16.3. The summed E-state index contributed by atoms with van der Waals surface area (Å²) in [6.45, 7) is 1.41. The molecule has 14 heavy (non-hydrogen) atoms. The maximum absolute atomic E-state index is 11.4. The van der Waals surface area contributed by atoms with Gasteiger partial charge in [-0.2, -0.15) is 0 Å². The first kappa shape index (κ1) is 10.8. The average molecular weight is 198 g/mol. The average Bonchev–Trinajstić information content (AvgIpc) is 2.26. The molecular weight excluding hydrogens is 184 g/mol. The van der Waals surface area contributed by atoms with E-state index in [0.29, 0.717) is 19.0 Å². The van der Waals surface area contributed by atoms with Gasteiger partial charge in [0.2, 0.25) is 5.91 Å². The predicted molar refractivity (Wildman–Crippen MR) is 50.4 cm³/mol. The molecule has 0 radical (unpaired) electrons. The summed E-state index contributed by atoms with van der Waals surface area (Å²) in [5.41, 5.74) is 8.05. The normalized spacial score (nSPS) is 17.6. The summed E-state index contributed by atoms with van der Waals surface area (Å²) in [4.78, 5) is 15.6. The lowest BCUT2D eigenvalue weighted by molar-refractivity contribution is -0.131. The van der Waals surface area contributed by atoms with Gasteiger partial charge in [0.05, 0.1) is 0 Å². The van der Waals surface area contributed by atoms with Crippen molar-refractivity contribution >= 4 is 5.91 Å². The molecule has 6 nitrogen and oxygen atoms in total. The molecule has 0 unspecified atom stereocenters. The fourth-order valence-electron chi connectivity index (χ4n) is 1.56. The third-order valence-electron chi connectivity index (χ3n) is 2.49. The van der Waals surface area contributed by atoms with Crippen LogP contribution in [0.2, 0.25) is 0 Å². The van der Waals surface area contributed by atoms with Crippen LogP contribution in [0.4, 0.5) is 0 Å². The summed E-state index contributed by atoms with van der Waals surface area (Å²) in [6.07, 6.45) is 1.66. The van der Waals surface area contributed by atoms with Crippen molar-refractivity contribution in [1.29, 1.82) is 0 Å². The van der Waals surface area contributed by atoms with Gasteiger partial charge in [-0.05, 0) is 24.3 Å². The van der Waals surface area contributed by atoms with Crippen LogP contribution in [0.15, 0.2) is 5.11 Å². The number of rotatable bonds is 3. The number of amides is 1. The van der Waals surface area contributed by atoms with Crippen molar-refractivity contribution in [1.82, 2.24) is 4.90 Å². The van der Waals surface area contributed by atoms with E-state index >= 15 is 0 Å². The van der Waals surface area contributed by atoms with E-state index in [9.17, 15) is 4.79 Å². The number of aliphatic hydroxyl groups is 1. The number of carbonyl (C=O) groups is 1. The zero-order valence-corrected chi connectivity index (χ0v) is 7.96. The Balaban J connectivity index is 2.33.